The molecule has 32 heavy (non-hydrogen) atoms. The molecular formula is C27H34O5. The van der Waals surface area contributed by atoms with Crippen molar-refractivity contribution < 1.29 is 24.1 Å². The smallest absolute Gasteiger partial charge is 0.119 e. The molecule has 0 radical (unpaired) electrons. The molecule has 0 unspecified atom stereocenters. The van der Waals surface area contributed by atoms with Gasteiger partial charge >= 0.3 is 0 Å². The monoisotopic (exact) mass is 438 g/mol. The van der Waals surface area contributed by atoms with Crippen molar-refractivity contribution in [2.45, 2.75) is 63.6 Å². The van der Waals surface area contributed by atoms with Crippen molar-refractivity contribution in [3.8, 4) is 5.75 Å². The Bertz CT molecular complexity index is 845. The lowest BCUT2D eigenvalue weighted by atomic mass is 10.1. The molecule has 2 aromatic carbocycles. The summed E-state index contributed by atoms with van der Waals surface area (Å²) in [6, 6.07) is 16.6. The van der Waals surface area contributed by atoms with Gasteiger partial charge in [0.15, 0.2) is 0 Å². The number of rotatable bonds is 11. The average Bonchev–Trinajstić information content (AvgIpc) is 3.40. The topological polar surface area (TPSA) is 57.2 Å². The lowest BCUT2D eigenvalue weighted by molar-refractivity contribution is -0.0439. The van der Waals surface area contributed by atoms with E-state index >= 15 is 0 Å². The summed E-state index contributed by atoms with van der Waals surface area (Å²) in [6.45, 7) is 4.30. The van der Waals surface area contributed by atoms with Crippen molar-refractivity contribution in [1.82, 2.24) is 0 Å². The zero-order chi connectivity index (χ0) is 22.2. The van der Waals surface area contributed by atoms with E-state index in [4.69, 9.17) is 18.9 Å². The van der Waals surface area contributed by atoms with Gasteiger partial charge in [-0.05, 0) is 35.2 Å². The highest BCUT2D eigenvalue weighted by Crippen LogP contribution is 2.29. The number of unbranched alkanes of at least 4 members (excludes halogenated alkanes) is 3. The fraction of sp³-hybridized carbons (Fsp3) is 0.481. The highest BCUT2D eigenvalue weighted by Gasteiger charge is 2.47. The number of ether oxygens (including phenoxy) is 4. The molecular weight excluding hydrogens is 404 g/mol. The summed E-state index contributed by atoms with van der Waals surface area (Å²) in [5.74, 6) is 0.930. The molecule has 1 N–H and O–H groups in total. The van der Waals surface area contributed by atoms with E-state index in [0.717, 1.165) is 35.5 Å². The van der Waals surface area contributed by atoms with E-state index in [1.165, 1.54) is 19.3 Å². The number of benzene rings is 2. The number of hydrogen-bond donors (Lipinski definition) is 1. The highest BCUT2D eigenvalue weighted by atomic mass is 16.6. The predicted molar refractivity (Wildman–Crippen MR) is 126 cm³/mol. The molecule has 4 rings (SSSR count). The first kappa shape index (κ1) is 23.0. The zero-order valence-corrected chi connectivity index (χ0v) is 18.8. The Balaban J connectivity index is 1.21. The van der Waals surface area contributed by atoms with Crippen LogP contribution in [0.25, 0.3) is 12.2 Å². The van der Waals surface area contributed by atoms with Gasteiger partial charge in [-0.2, -0.15) is 0 Å². The molecule has 2 heterocycles. The lowest BCUT2D eigenvalue weighted by Gasteiger charge is -2.16. The number of hydrogen-bond acceptors (Lipinski definition) is 5. The second-order valence-electron chi connectivity index (χ2n) is 8.57. The minimum absolute atomic E-state index is 0.125. The molecule has 0 aromatic heterocycles. The van der Waals surface area contributed by atoms with Gasteiger partial charge in [-0.25, -0.2) is 0 Å². The molecule has 4 atom stereocenters. The van der Waals surface area contributed by atoms with E-state index in [2.05, 4.69) is 55.5 Å². The van der Waals surface area contributed by atoms with Crippen LogP contribution >= 0.6 is 0 Å². The van der Waals surface area contributed by atoms with E-state index in [1.54, 1.807) is 0 Å². The van der Waals surface area contributed by atoms with Crippen LogP contribution < -0.4 is 4.74 Å². The van der Waals surface area contributed by atoms with Gasteiger partial charge in [0.2, 0.25) is 0 Å². The normalized spacial score (nSPS) is 24.8. The third kappa shape index (κ3) is 6.20. The third-order valence-electron chi connectivity index (χ3n) is 6.04. The Kier molecular flexibility index (Phi) is 8.35. The number of aliphatic hydroxyl groups excluding tert-OH is 1. The van der Waals surface area contributed by atoms with Crippen LogP contribution in [-0.2, 0) is 20.8 Å². The van der Waals surface area contributed by atoms with Crippen LogP contribution in [0.2, 0.25) is 0 Å². The predicted octanol–water partition coefficient (Wildman–Crippen LogP) is 4.86. The van der Waals surface area contributed by atoms with Gasteiger partial charge in [0.1, 0.15) is 30.2 Å². The Morgan fingerprint density at radius 3 is 2.28 bits per heavy atom. The Morgan fingerprint density at radius 1 is 0.875 bits per heavy atom. The second kappa shape index (κ2) is 11.6. The lowest BCUT2D eigenvalue weighted by Crippen LogP contribution is -2.32. The van der Waals surface area contributed by atoms with Crippen LogP contribution in [0.5, 0.6) is 5.75 Å². The molecule has 5 nitrogen and oxygen atoms in total. The number of aliphatic hydroxyl groups is 1. The van der Waals surface area contributed by atoms with Crippen molar-refractivity contribution >= 4 is 12.2 Å². The first-order chi connectivity index (χ1) is 15.7. The molecule has 0 bridgehead atoms. The summed E-state index contributed by atoms with van der Waals surface area (Å²) in [7, 11) is 0. The molecule has 2 aliphatic rings. The van der Waals surface area contributed by atoms with E-state index in [9.17, 15) is 5.11 Å². The van der Waals surface area contributed by atoms with Gasteiger partial charge in [0.25, 0.3) is 0 Å². The average molecular weight is 439 g/mol. The van der Waals surface area contributed by atoms with Crippen LogP contribution in [0.1, 0.15) is 49.3 Å². The van der Waals surface area contributed by atoms with Crippen LogP contribution in [0.3, 0.4) is 0 Å². The minimum atomic E-state index is -0.543. The molecule has 0 spiro atoms. The van der Waals surface area contributed by atoms with Crippen LogP contribution in [0, 0.1) is 0 Å². The molecule has 0 amide bonds. The van der Waals surface area contributed by atoms with Gasteiger partial charge in [0, 0.05) is 0 Å². The summed E-state index contributed by atoms with van der Waals surface area (Å²) in [5.41, 5.74) is 3.38. The maximum absolute atomic E-state index is 9.82. The van der Waals surface area contributed by atoms with Gasteiger partial charge in [-0.15, -0.1) is 0 Å². The maximum Gasteiger partial charge on any atom is 0.119 e. The molecule has 2 aliphatic heterocycles. The standard InChI is InChI=1S/C27H34O5/c1-2-3-4-5-16-29-23-14-12-21(13-15-23)7-6-20-8-10-22(11-9-20)17-30-25-19-32-26-24(28)18-31-27(25)26/h6-15,24-28H,2-5,16-19H2,1H3/b7-6+/t24-,25+,26+,27+/m1/s1. The summed E-state index contributed by atoms with van der Waals surface area (Å²) in [5, 5.41) is 9.82. The first-order valence-electron chi connectivity index (χ1n) is 11.8. The second-order valence-corrected chi connectivity index (χ2v) is 8.57. The molecule has 2 aromatic rings. The van der Waals surface area contributed by atoms with Gasteiger partial charge in [0.05, 0.1) is 26.4 Å². The van der Waals surface area contributed by atoms with Crippen LogP contribution in [0.15, 0.2) is 48.5 Å². The van der Waals surface area contributed by atoms with E-state index in [0.29, 0.717) is 19.8 Å². The SMILES string of the molecule is CCCCCCOc1ccc(/C=C/c2ccc(CO[C@H]3CO[C@@H]4[C@H]3OC[C@H]4O)cc2)cc1. The van der Waals surface area contributed by atoms with Crippen molar-refractivity contribution in [2.24, 2.45) is 0 Å². The van der Waals surface area contributed by atoms with Gasteiger partial charge in [-0.1, -0.05) is 74.7 Å². The van der Waals surface area contributed by atoms with Crippen molar-refractivity contribution in [3.63, 3.8) is 0 Å². The summed E-state index contributed by atoms with van der Waals surface area (Å²) < 4.78 is 23.0. The molecule has 5 heteroatoms. The third-order valence-corrected chi connectivity index (χ3v) is 6.04. The quantitative estimate of drug-likeness (QED) is 0.401. The fourth-order valence-corrected chi connectivity index (χ4v) is 4.10. The molecule has 172 valence electrons. The van der Waals surface area contributed by atoms with Crippen molar-refractivity contribution in [3.05, 3.63) is 65.2 Å². The molecule has 0 aliphatic carbocycles. The fourth-order valence-electron chi connectivity index (χ4n) is 4.10. The summed E-state index contributed by atoms with van der Waals surface area (Å²) in [4.78, 5) is 0. The van der Waals surface area contributed by atoms with E-state index < -0.39 is 6.10 Å². The van der Waals surface area contributed by atoms with E-state index in [1.807, 2.05) is 12.1 Å². The van der Waals surface area contributed by atoms with Gasteiger partial charge < -0.3 is 24.1 Å². The molecule has 2 saturated heterocycles. The van der Waals surface area contributed by atoms with Crippen molar-refractivity contribution in [1.29, 1.82) is 0 Å². The Hall–Kier alpha value is -2.18. The minimum Gasteiger partial charge on any atom is -0.494 e. The van der Waals surface area contributed by atoms with Gasteiger partial charge in [-0.3, -0.25) is 0 Å². The highest BCUT2D eigenvalue weighted by molar-refractivity contribution is 5.69. The summed E-state index contributed by atoms with van der Waals surface area (Å²) in [6.07, 6.45) is 8.00. The Labute approximate surface area is 191 Å². The molecule has 0 saturated carbocycles. The molecule has 2 fully saturated rings. The zero-order valence-electron chi connectivity index (χ0n) is 18.8. The van der Waals surface area contributed by atoms with Crippen LogP contribution in [0.4, 0.5) is 0 Å². The Morgan fingerprint density at radius 2 is 1.56 bits per heavy atom. The van der Waals surface area contributed by atoms with Crippen LogP contribution in [-0.4, -0.2) is 49.3 Å². The summed E-state index contributed by atoms with van der Waals surface area (Å²) >= 11 is 0. The number of fused-ring (bicyclic) bond motifs is 1. The largest absolute Gasteiger partial charge is 0.494 e. The van der Waals surface area contributed by atoms with Crippen molar-refractivity contribution in [2.75, 3.05) is 19.8 Å². The first-order valence-corrected chi connectivity index (χ1v) is 11.8. The van der Waals surface area contributed by atoms with E-state index in [-0.39, 0.29) is 18.3 Å². The maximum atomic E-state index is 9.82.